The number of ether oxygens (including phenoxy) is 1. The average Bonchev–Trinajstić information content (AvgIpc) is 2.60. The van der Waals surface area contributed by atoms with Crippen molar-refractivity contribution in [3.63, 3.8) is 0 Å². The van der Waals surface area contributed by atoms with E-state index < -0.39 is 24.0 Å². The molecule has 0 heterocycles. The lowest BCUT2D eigenvalue weighted by molar-refractivity contribution is -0.129. The number of carbonyl (C=O) groups is 3. The fourth-order valence-electron chi connectivity index (χ4n) is 1.94. The van der Waals surface area contributed by atoms with Crippen LogP contribution in [0.25, 0.3) is 0 Å². The monoisotopic (exact) mass is 390 g/mol. The molecule has 0 fully saturated rings. The second-order valence-corrected chi connectivity index (χ2v) is 5.60. The zero-order valence-electron chi connectivity index (χ0n) is 12.8. The van der Waals surface area contributed by atoms with Crippen LogP contribution in [0.2, 0.25) is 0 Å². The minimum atomic E-state index is -1.25. The van der Waals surface area contributed by atoms with Gasteiger partial charge in [0.2, 0.25) is 6.10 Å². The Morgan fingerprint density at radius 3 is 2.25 bits per heavy atom. The Kier molecular flexibility index (Phi) is 6.08. The Hall–Kier alpha value is -2.67. The summed E-state index contributed by atoms with van der Waals surface area (Å²) in [5, 5.41) is 4.40. The van der Waals surface area contributed by atoms with Crippen molar-refractivity contribution in [2.45, 2.75) is 6.10 Å². The molecular weight excluding hydrogens is 376 g/mol. The first-order valence-corrected chi connectivity index (χ1v) is 7.85. The first kappa shape index (κ1) is 17.7. The molecule has 6 nitrogen and oxygen atoms in total. The van der Waals surface area contributed by atoms with Crippen molar-refractivity contribution in [3.8, 4) is 0 Å². The fraction of sp³-hybridized carbons (Fsp3) is 0.118. The number of hydrogen-bond acceptors (Lipinski definition) is 4. The van der Waals surface area contributed by atoms with Crippen LogP contribution in [0.15, 0.2) is 59.1 Å². The zero-order valence-corrected chi connectivity index (χ0v) is 14.4. The van der Waals surface area contributed by atoms with E-state index in [-0.39, 0.29) is 5.56 Å². The van der Waals surface area contributed by atoms with Gasteiger partial charge in [0.1, 0.15) is 0 Å². The lowest BCUT2D eigenvalue weighted by Crippen LogP contribution is -2.41. The smallest absolute Gasteiger partial charge is 0.340 e. The van der Waals surface area contributed by atoms with Crippen LogP contribution in [0.1, 0.15) is 22.0 Å². The number of urea groups is 1. The minimum Gasteiger partial charge on any atom is -0.444 e. The topological polar surface area (TPSA) is 84.5 Å². The molecule has 0 radical (unpaired) electrons. The van der Waals surface area contributed by atoms with Gasteiger partial charge in [0.15, 0.2) is 0 Å². The highest BCUT2D eigenvalue weighted by Gasteiger charge is 2.27. The summed E-state index contributed by atoms with van der Waals surface area (Å²) in [4.78, 5) is 36.1. The third-order valence-corrected chi connectivity index (χ3v) is 3.81. The molecule has 24 heavy (non-hydrogen) atoms. The first-order valence-electron chi connectivity index (χ1n) is 7.06. The quantitative estimate of drug-likeness (QED) is 0.786. The van der Waals surface area contributed by atoms with Crippen LogP contribution >= 0.6 is 15.9 Å². The van der Waals surface area contributed by atoms with E-state index in [0.29, 0.717) is 10.0 Å². The standard InChI is InChI=1S/C17H15BrN2O4/c1-19-17(23)20-15(21)14(11-7-3-2-4-8-11)24-16(22)12-9-5-6-10-13(12)18/h2-10,14H,1H3,(H2,19,20,21,23)/t14-/m1/s1. The maximum atomic E-state index is 12.4. The Bertz CT molecular complexity index is 749. The maximum absolute atomic E-state index is 12.4. The van der Waals surface area contributed by atoms with E-state index in [0.717, 1.165) is 0 Å². The molecule has 124 valence electrons. The molecule has 0 spiro atoms. The van der Waals surface area contributed by atoms with Gasteiger partial charge in [-0.15, -0.1) is 0 Å². The molecule has 3 amide bonds. The van der Waals surface area contributed by atoms with Gasteiger partial charge in [-0.1, -0.05) is 42.5 Å². The Balaban J connectivity index is 2.26. The molecule has 2 aromatic carbocycles. The van der Waals surface area contributed by atoms with Gasteiger partial charge < -0.3 is 10.1 Å². The van der Waals surface area contributed by atoms with E-state index in [4.69, 9.17) is 4.74 Å². The lowest BCUT2D eigenvalue weighted by atomic mass is 10.1. The predicted octanol–water partition coefficient (Wildman–Crippen LogP) is 2.80. The molecule has 0 aromatic heterocycles. The van der Waals surface area contributed by atoms with Crippen molar-refractivity contribution in [2.75, 3.05) is 7.05 Å². The Morgan fingerprint density at radius 1 is 1.00 bits per heavy atom. The van der Waals surface area contributed by atoms with Gasteiger partial charge in [-0.2, -0.15) is 0 Å². The molecule has 0 saturated heterocycles. The molecule has 0 aliphatic rings. The van der Waals surface area contributed by atoms with E-state index in [1.54, 1.807) is 54.6 Å². The summed E-state index contributed by atoms with van der Waals surface area (Å²) in [7, 11) is 1.38. The summed E-state index contributed by atoms with van der Waals surface area (Å²) >= 11 is 3.27. The van der Waals surface area contributed by atoms with Gasteiger partial charge in [-0.05, 0) is 28.1 Å². The second kappa shape index (κ2) is 8.26. The van der Waals surface area contributed by atoms with Crippen molar-refractivity contribution in [3.05, 3.63) is 70.2 Å². The van der Waals surface area contributed by atoms with E-state index in [1.807, 2.05) is 0 Å². The van der Waals surface area contributed by atoms with Gasteiger partial charge in [0.25, 0.3) is 5.91 Å². The molecule has 0 bridgehead atoms. The molecule has 2 aromatic rings. The minimum absolute atomic E-state index is 0.283. The van der Waals surface area contributed by atoms with Crippen LogP contribution in [0.5, 0.6) is 0 Å². The number of carbonyl (C=O) groups excluding carboxylic acids is 3. The summed E-state index contributed by atoms with van der Waals surface area (Å²) < 4.78 is 5.90. The second-order valence-electron chi connectivity index (χ2n) is 4.74. The van der Waals surface area contributed by atoms with E-state index >= 15 is 0 Å². The number of rotatable bonds is 4. The van der Waals surface area contributed by atoms with Gasteiger partial charge in [-0.25, -0.2) is 9.59 Å². The summed E-state index contributed by atoms with van der Waals surface area (Å²) in [5.41, 5.74) is 0.741. The van der Waals surface area contributed by atoms with Crippen LogP contribution in [0, 0.1) is 0 Å². The van der Waals surface area contributed by atoms with E-state index in [2.05, 4.69) is 26.6 Å². The van der Waals surface area contributed by atoms with Crippen LogP contribution in [-0.4, -0.2) is 25.0 Å². The maximum Gasteiger partial charge on any atom is 0.340 e. The van der Waals surface area contributed by atoms with Crippen molar-refractivity contribution in [2.24, 2.45) is 0 Å². The first-order chi connectivity index (χ1) is 11.5. The highest BCUT2D eigenvalue weighted by molar-refractivity contribution is 9.10. The molecule has 0 aliphatic carbocycles. The summed E-state index contributed by atoms with van der Waals surface area (Å²) in [6, 6.07) is 14.5. The molecule has 0 saturated carbocycles. The normalized spacial score (nSPS) is 11.2. The third-order valence-electron chi connectivity index (χ3n) is 3.12. The highest BCUT2D eigenvalue weighted by Crippen LogP contribution is 2.23. The van der Waals surface area contributed by atoms with Crippen molar-refractivity contribution in [1.29, 1.82) is 0 Å². The fourth-order valence-corrected chi connectivity index (χ4v) is 2.38. The SMILES string of the molecule is CNC(=O)NC(=O)[C@H](OC(=O)c1ccccc1Br)c1ccccc1. The summed E-state index contributed by atoms with van der Waals surface area (Å²) in [5.74, 6) is -1.41. The number of benzene rings is 2. The average molecular weight is 391 g/mol. The van der Waals surface area contributed by atoms with Gasteiger partial charge in [0, 0.05) is 17.1 Å². The predicted molar refractivity (Wildman–Crippen MR) is 91.3 cm³/mol. The Morgan fingerprint density at radius 2 is 1.62 bits per heavy atom. The molecule has 0 aliphatic heterocycles. The van der Waals surface area contributed by atoms with Gasteiger partial charge in [0.05, 0.1) is 5.56 Å². The largest absolute Gasteiger partial charge is 0.444 e. The highest BCUT2D eigenvalue weighted by atomic mass is 79.9. The van der Waals surface area contributed by atoms with E-state index in [9.17, 15) is 14.4 Å². The summed E-state index contributed by atoms with van der Waals surface area (Å²) in [6.45, 7) is 0. The number of nitrogens with one attached hydrogen (secondary N) is 2. The van der Waals surface area contributed by atoms with Gasteiger partial charge >= 0.3 is 12.0 Å². The van der Waals surface area contributed by atoms with Crippen LogP contribution < -0.4 is 10.6 Å². The summed E-state index contributed by atoms with van der Waals surface area (Å²) in [6.07, 6.45) is -1.25. The molecule has 2 rings (SSSR count). The third kappa shape index (κ3) is 4.42. The number of imide groups is 1. The Labute approximate surface area is 147 Å². The molecule has 2 N–H and O–H groups in total. The molecule has 0 unspecified atom stereocenters. The van der Waals surface area contributed by atoms with E-state index in [1.165, 1.54) is 7.05 Å². The van der Waals surface area contributed by atoms with Crippen LogP contribution in [0.3, 0.4) is 0 Å². The molecule has 7 heteroatoms. The number of hydrogen-bond donors (Lipinski definition) is 2. The molecular formula is C17H15BrN2O4. The number of amides is 3. The van der Waals surface area contributed by atoms with Gasteiger partial charge in [-0.3, -0.25) is 10.1 Å². The van der Waals surface area contributed by atoms with Crippen molar-refractivity contribution >= 4 is 33.8 Å². The number of halogens is 1. The number of esters is 1. The lowest BCUT2D eigenvalue weighted by Gasteiger charge is -2.18. The molecule has 1 atom stereocenters. The van der Waals surface area contributed by atoms with Crippen molar-refractivity contribution in [1.82, 2.24) is 10.6 Å². The van der Waals surface area contributed by atoms with Crippen LogP contribution in [-0.2, 0) is 9.53 Å². The van der Waals surface area contributed by atoms with Crippen molar-refractivity contribution < 1.29 is 19.1 Å². The van der Waals surface area contributed by atoms with Crippen LogP contribution in [0.4, 0.5) is 4.79 Å². The zero-order chi connectivity index (χ0) is 17.5.